The van der Waals surface area contributed by atoms with Crippen molar-refractivity contribution in [2.24, 2.45) is 0 Å². The molecule has 6 heteroatoms. The molecule has 1 saturated heterocycles. The molecular formula is C23H29N3O3. The second kappa shape index (κ2) is 8.84. The Balaban J connectivity index is 1.21. The SMILES string of the molecule is CCc1ccc(N2CCN(CCC(O)Oc3ccc4c(c3)CC(=O)N4)CC2)cc1. The van der Waals surface area contributed by atoms with Crippen LogP contribution in [0.4, 0.5) is 11.4 Å². The predicted octanol–water partition coefficient (Wildman–Crippen LogP) is 2.65. The second-order valence-electron chi connectivity index (χ2n) is 7.75. The summed E-state index contributed by atoms with van der Waals surface area (Å²) in [5.74, 6) is 0.603. The summed E-state index contributed by atoms with van der Waals surface area (Å²) in [5, 5.41) is 13.1. The Bertz CT molecular complexity index is 845. The van der Waals surface area contributed by atoms with Crippen molar-refractivity contribution in [2.75, 3.05) is 42.9 Å². The number of aryl methyl sites for hydroxylation is 1. The molecule has 2 aliphatic rings. The molecule has 0 spiro atoms. The highest BCUT2D eigenvalue weighted by Gasteiger charge is 2.20. The quantitative estimate of drug-likeness (QED) is 0.706. The van der Waals surface area contributed by atoms with Crippen molar-refractivity contribution in [1.29, 1.82) is 0 Å². The number of fused-ring (bicyclic) bond motifs is 1. The number of nitrogens with one attached hydrogen (secondary N) is 1. The molecule has 2 aliphatic heterocycles. The van der Waals surface area contributed by atoms with Gasteiger partial charge in [-0.2, -0.15) is 0 Å². The molecule has 0 aliphatic carbocycles. The first-order valence-corrected chi connectivity index (χ1v) is 10.4. The molecule has 2 heterocycles. The Hall–Kier alpha value is -2.57. The molecule has 6 nitrogen and oxygen atoms in total. The number of hydrogen-bond donors (Lipinski definition) is 2. The van der Waals surface area contributed by atoms with Crippen LogP contribution >= 0.6 is 0 Å². The molecule has 154 valence electrons. The number of hydrogen-bond acceptors (Lipinski definition) is 5. The van der Waals surface area contributed by atoms with E-state index < -0.39 is 6.29 Å². The molecule has 2 aromatic carbocycles. The van der Waals surface area contributed by atoms with E-state index in [1.807, 2.05) is 12.1 Å². The van der Waals surface area contributed by atoms with Gasteiger partial charge in [0.2, 0.25) is 5.91 Å². The third-order valence-corrected chi connectivity index (χ3v) is 5.75. The molecule has 0 saturated carbocycles. The third-order valence-electron chi connectivity index (χ3n) is 5.75. The summed E-state index contributed by atoms with van der Waals surface area (Å²) in [7, 11) is 0. The van der Waals surface area contributed by atoms with Crippen LogP contribution in [0.5, 0.6) is 5.75 Å². The van der Waals surface area contributed by atoms with Gasteiger partial charge in [-0.3, -0.25) is 9.69 Å². The van der Waals surface area contributed by atoms with Crippen LogP contribution in [0.2, 0.25) is 0 Å². The number of benzene rings is 2. The van der Waals surface area contributed by atoms with E-state index in [1.54, 1.807) is 6.07 Å². The highest BCUT2D eigenvalue weighted by molar-refractivity contribution is 5.99. The summed E-state index contributed by atoms with van der Waals surface area (Å²) in [6, 6.07) is 14.3. The molecule has 2 N–H and O–H groups in total. The third kappa shape index (κ3) is 4.89. The molecule has 0 bridgehead atoms. The minimum absolute atomic E-state index is 0.00172. The summed E-state index contributed by atoms with van der Waals surface area (Å²) in [6.07, 6.45) is 1.14. The smallest absolute Gasteiger partial charge is 0.228 e. The molecule has 4 rings (SSSR count). The summed E-state index contributed by atoms with van der Waals surface area (Å²) >= 11 is 0. The molecule has 0 aromatic heterocycles. The lowest BCUT2D eigenvalue weighted by Gasteiger charge is -2.36. The maximum atomic E-state index is 11.4. The number of ether oxygens (including phenoxy) is 1. The number of rotatable bonds is 7. The normalized spacial score (nSPS) is 17.7. The zero-order valence-corrected chi connectivity index (χ0v) is 16.9. The van der Waals surface area contributed by atoms with Crippen LogP contribution in [-0.2, 0) is 17.6 Å². The number of anilines is 2. The van der Waals surface area contributed by atoms with Crippen molar-refractivity contribution in [3.8, 4) is 5.75 Å². The molecule has 1 atom stereocenters. The van der Waals surface area contributed by atoms with Gasteiger partial charge in [-0.1, -0.05) is 19.1 Å². The Labute approximate surface area is 172 Å². The maximum Gasteiger partial charge on any atom is 0.228 e. The van der Waals surface area contributed by atoms with Crippen LogP contribution < -0.4 is 15.0 Å². The van der Waals surface area contributed by atoms with E-state index in [1.165, 1.54) is 11.3 Å². The van der Waals surface area contributed by atoms with Gasteiger partial charge in [0.05, 0.1) is 6.42 Å². The van der Waals surface area contributed by atoms with E-state index in [4.69, 9.17) is 4.74 Å². The average molecular weight is 396 g/mol. The number of amides is 1. The van der Waals surface area contributed by atoms with Crippen molar-refractivity contribution in [3.63, 3.8) is 0 Å². The topological polar surface area (TPSA) is 65.0 Å². The minimum atomic E-state index is -0.849. The zero-order chi connectivity index (χ0) is 20.2. The van der Waals surface area contributed by atoms with Gasteiger partial charge in [-0.05, 0) is 47.9 Å². The van der Waals surface area contributed by atoms with E-state index in [9.17, 15) is 9.90 Å². The van der Waals surface area contributed by atoms with Gasteiger partial charge in [0.15, 0.2) is 6.29 Å². The lowest BCUT2D eigenvalue weighted by molar-refractivity contribution is -0.115. The van der Waals surface area contributed by atoms with Gasteiger partial charge >= 0.3 is 0 Å². The first-order chi connectivity index (χ1) is 14.1. The predicted molar refractivity (Wildman–Crippen MR) is 115 cm³/mol. The van der Waals surface area contributed by atoms with Crippen molar-refractivity contribution < 1.29 is 14.6 Å². The van der Waals surface area contributed by atoms with Gasteiger partial charge in [0.25, 0.3) is 0 Å². The monoisotopic (exact) mass is 395 g/mol. The van der Waals surface area contributed by atoms with Gasteiger partial charge in [-0.15, -0.1) is 0 Å². The van der Waals surface area contributed by atoms with E-state index in [2.05, 4.69) is 46.3 Å². The molecule has 29 heavy (non-hydrogen) atoms. The van der Waals surface area contributed by atoms with Crippen LogP contribution in [0.15, 0.2) is 42.5 Å². The molecule has 2 aromatic rings. The summed E-state index contributed by atoms with van der Waals surface area (Å²) in [4.78, 5) is 16.2. The van der Waals surface area contributed by atoms with Crippen LogP contribution in [0, 0.1) is 0 Å². The summed E-state index contributed by atoms with van der Waals surface area (Å²) < 4.78 is 5.66. The van der Waals surface area contributed by atoms with Crippen LogP contribution in [0.3, 0.4) is 0 Å². The van der Waals surface area contributed by atoms with E-state index >= 15 is 0 Å². The molecule has 1 fully saturated rings. The molecule has 0 radical (unpaired) electrons. The number of aliphatic hydroxyl groups is 1. The summed E-state index contributed by atoms with van der Waals surface area (Å²) in [6.45, 7) is 6.93. The average Bonchev–Trinajstić information content (AvgIpc) is 3.12. The molecule has 1 amide bonds. The second-order valence-corrected chi connectivity index (χ2v) is 7.75. The van der Waals surface area contributed by atoms with Gasteiger partial charge in [-0.25, -0.2) is 0 Å². The highest BCUT2D eigenvalue weighted by atomic mass is 16.6. The Morgan fingerprint density at radius 3 is 2.59 bits per heavy atom. The fourth-order valence-corrected chi connectivity index (χ4v) is 3.96. The fraction of sp³-hybridized carbons (Fsp3) is 0.435. The van der Waals surface area contributed by atoms with E-state index in [-0.39, 0.29) is 5.91 Å². The maximum absolute atomic E-state index is 11.4. The number of carbonyl (C=O) groups is 1. The minimum Gasteiger partial charge on any atom is -0.465 e. The van der Waals surface area contributed by atoms with Gasteiger partial charge < -0.3 is 20.1 Å². The Kier molecular flexibility index (Phi) is 6.02. The first-order valence-electron chi connectivity index (χ1n) is 10.4. The van der Waals surface area contributed by atoms with E-state index in [0.29, 0.717) is 18.6 Å². The van der Waals surface area contributed by atoms with Crippen molar-refractivity contribution in [3.05, 3.63) is 53.6 Å². The molecular weight excluding hydrogens is 366 g/mol. The Morgan fingerprint density at radius 1 is 1.10 bits per heavy atom. The fourth-order valence-electron chi connectivity index (χ4n) is 3.96. The van der Waals surface area contributed by atoms with E-state index in [0.717, 1.165) is 50.4 Å². The summed E-state index contributed by atoms with van der Waals surface area (Å²) in [5.41, 5.74) is 4.41. The largest absolute Gasteiger partial charge is 0.465 e. The number of carbonyl (C=O) groups excluding carboxylic acids is 1. The number of nitrogens with zero attached hydrogens (tertiary/aromatic N) is 2. The zero-order valence-electron chi connectivity index (χ0n) is 16.9. The highest BCUT2D eigenvalue weighted by Crippen LogP contribution is 2.27. The lowest BCUT2D eigenvalue weighted by Crippen LogP contribution is -2.47. The van der Waals surface area contributed by atoms with Crippen LogP contribution in [0.1, 0.15) is 24.5 Å². The van der Waals surface area contributed by atoms with Crippen molar-refractivity contribution >= 4 is 17.3 Å². The standard InChI is InChI=1S/C23H29N3O3/c1-2-17-3-5-19(6-4-17)26-13-11-25(12-14-26)10-9-23(28)29-20-7-8-21-18(15-20)16-22(27)24-21/h3-8,15,23,28H,2,9-14,16H2,1H3,(H,24,27). The molecule has 1 unspecified atom stereocenters. The van der Waals surface area contributed by atoms with Crippen molar-refractivity contribution in [2.45, 2.75) is 32.5 Å². The lowest BCUT2D eigenvalue weighted by atomic mass is 10.1. The van der Waals surface area contributed by atoms with Crippen LogP contribution in [0.25, 0.3) is 0 Å². The first kappa shape index (κ1) is 19.7. The van der Waals surface area contributed by atoms with Gasteiger partial charge in [0.1, 0.15) is 5.75 Å². The van der Waals surface area contributed by atoms with Crippen molar-refractivity contribution in [1.82, 2.24) is 4.90 Å². The van der Waals surface area contributed by atoms with Gasteiger partial charge in [0, 0.05) is 50.5 Å². The number of piperazine rings is 1. The van der Waals surface area contributed by atoms with Crippen LogP contribution in [-0.4, -0.2) is 54.9 Å². The number of aliphatic hydroxyl groups excluding tert-OH is 1. The Morgan fingerprint density at radius 2 is 1.86 bits per heavy atom.